The van der Waals surface area contributed by atoms with Crippen LogP contribution in [0.2, 0.25) is 0 Å². The molecule has 0 aliphatic carbocycles. The molecule has 9 heteroatoms. The third-order valence-corrected chi connectivity index (χ3v) is 7.18. The highest BCUT2D eigenvalue weighted by molar-refractivity contribution is 8.00. The summed E-state index contributed by atoms with van der Waals surface area (Å²) in [7, 11) is 0. The number of carbonyl (C=O) groups excluding carboxylic acids is 1. The summed E-state index contributed by atoms with van der Waals surface area (Å²) in [5.74, 6) is 0.347. The Hall–Kier alpha value is -3.22. The van der Waals surface area contributed by atoms with E-state index in [1.807, 2.05) is 4.57 Å². The molecule has 2 unspecified atom stereocenters. The van der Waals surface area contributed by atoms with Gasteiger partial charge in [-0.25, -0.2) is 4.39 Å². The molecular weight excluding hydrogens is 441 g/mol. The first-order valence-electron chi connectivity index (χ1n) is 10.9. The second-order valence-corrected chi connectivity index (χ2v) is 9.27. The number of anilines is 1. The van der Waals surface area contributed by atoms with Crippen molar-refractivity contribution in [3.8, 4) is 17.5 Å². The number of rotatable bonds is 6. The van der Waals surface area contributed by atoms with Crippen molar-refractivity contribution < 1.29 is 13.9 Å². The minimum Gasteiger partial charge on any atom is -0.376 e. The highest BCUT2D eigenvalue weighted by atomic mass is 32.2. The molecule has 5 rings (SSSR count). The number of hydrogen-bond donors (Lipinski definition) is 0. The van der Waals surface area contributed by atoms with E-state index < -0.39 is 0 Å². The first-order chi connectivity index (χ1) is 16.1. The minimum atomic E-state index is -0.307. The molecule has 0 radical (unpaired) electrons. The number of halogens is 1. The van der Waals surface area contributed by atoms with Gasteiger partial charge in [-0.3, -0.25) is 9.36 Å². The quantitative estimate of drug-likeness (QED) is 0.549. The van der Waals surface area contributed by atoms with E-state index in [0.717, 1.165) is 30.7 Å². The molecule has 0 bridgehead atoms. The lowest BCUT2D eigenvalue weighted by atomic mass is 10.2. The topological polar surface area (TPSA) is 84.0 Å². The fourth-order valence-electron chi connectivity index (χ4n) is 4.21. The van der Waals surface area contributed by atoms with E-state index in [9.17, 15) is 9.18 Å². The van der Waals surface area contributed by atoms with Gasteiger partial charge >= 0.3 is 0 Å². The lowest BCUT2D eigenvalue weighted by Gasteiger charge is -2.18. The summed E-state index contributed by atoms with van der Waals surface area (Å²) in [6.45, 7) is 1.93. The van der Waals surface area contributed by atoms with Crippen molar-refractivity contribution in [2.45, 2.75) is 42.3 Å². The molecule has 0 saturated carbocycles. The first-order valence-corrected chi connectivity index (χ1v) is 11.8. The second kappa shape index (κ2) is 9.33. The van der Waals surface area contributed by atoms with Crippen LogP contribution in [0.5, 0.6) is 0 Å². The maximum Gasteiger partial charge on any atom is 0.240 e. The zero-order chi connectivity index (χ0) is 22.8. The Morgan fingerprint density at radius 1 is 1.12 bits per heavy atom. The first kappa shape index (κ1) is 21.6. The molecule has 0 N–H and O–H groups in total. The molecule has 2 fully saturated rings. The van der Waals surface area contributed by atoms with Crippen molar-refractivity contribution in [1.29, 1.82) is 5.26 Å². The van der Waals surface area contributed by atoms with Crippen molar-refractivity contribution in [3.05, 3.63) is 59.9 Å². The van der Waals surface area contributed by atoms with Gasteiger partial charge in [-0.05, 0) is 67.8 Å². The lowest BCUT2D eigenvalue weighted by Crippen LogP contribution is -2.28. The molecule has 168 valence electrons. The van der Waals surface area contributed by atoms with Gasteiger partial charge in [-0.15, -0.1) is 10.2 Å². The number of benzene rings is 2. The second-order valence-electron chi connectivity index (χ2n) is 8.10. The summed E-state index contributed by atoms with van der Waals surface area (Å²) in [6, 6.07) is 15.3. The van der Waals surface area contributed by atoms with Crippen LogP contribution in [0.25, 0.3) is 11.4 Å². The molecule has 33 heavy (non-hydrogen) atoms. The summed E-state index contributed by atoms with van der Waals surface area (Å²) in [5.41, 5.74) is 2.12. The van der Waals surface area contributed by atoms with E-state index in [1.54, 1.807) is 41.3 Å². The molecule has 0 spiro atoms. The zero-order valence-corrected chi connectivity index (χ0v) is 18.7. The maximum atomic E-state index is 13.4. The number of nitriles is 1. The average Bonchev–Trinajstić information content (AvgIpc) is 3.57. The average molecular weight is 464 g/mol. The summed E-state index contributed by atoms with van der Waals surface area (Å²) in [4.78, 5) is 14.9. The van der Waals surface area contributed by atoms with Crippen LogP contribution in [-0.2, 0) is 16.1 Å². The normalized spacial score (nSPS) is 20.4. The van der Waals surface area contributed by atoms with E-state index in [0.29, 0.717) is 36.1 Å². The van der Waals surface area contributed by atoms with Crippen molar-refractivity contribution in [1.82, 2.24) is 14.8 Å². The van der Waals surface area contributed by atoms with Crippen LogP contribution in [0.3, 0.4) is 0 Å². The van der Waals surface area contributed by atoms with Gasteiger partial charge in [0.15, 0.2) is 11.0 Å². The Morgan fingerprint density at radius 3 is 2.61 bits per heavy atom. The predicted octanol–water partition coefficient (Wildman–Crippen LogP) is 4.03. The molecular formula is C24H22FN5O2S. The number of carbonyl (C=O) groups is 1. The van der Waals surface area contributed by atoms with Crippen molar-refractivity contribution in [3.63, 3.8) is 0 Å². The molecule has 7 nitrogen and oxygen atoms in total. The monoisotopic (exact) mass is 463 g/mol. The van der Waals surface area contributed by atoms with Gasteiger partial charge in [0.2, 0.25) is 5.91 Å². The summed E-state index contributed by atoms with van der Waals surface area (Å²) >= 11 is 1.41. The van der Waals surface area contributed by atoms with Crippen LogP contribution in [0, 0.1) is 17.1 Å². The predicted molar refractivity (Wildman–Crippen MR) is 122 cm³/mol. The van der Waals surface area contributed by atoms with Gasteiger partial charge in [0.05, 0.1) is 29.5 Å². The summed E-state index contributed by atoms with van der Waals surface area (Å²) in [5, 5.41) is 18.2. The van der Waals surface area contributed by atoms with Gasteiger partial charge in [0, 0.05) is 24.4 Å². The Bertz CT molecular complexity index is 1180. The summed E-state index contributed by atoms with van der Waals surface area (Å²) < 4.78 is 21.3. The number of ether oxygens (including phenoxy) is 1. The fourth-order valence-corrected chi connectivity index (χ4v) is 5.29. The standard InChI is InChI=1S/C24H22FN5O2S/c25-18-7-5-17(6-8-18)22-27-28-24(30(22)15-20-2-1-13-32-20)33-21-11-12-29(23(21)31)19-9-3-16(14-26)4-10-19/h3-10,20-21H,1-2,11-13,15H2. The number of hydrogen-bond acceptors (Lipinski definition) is 6. The SMILES string of the molecule is N#Cc1ccc(N2CCC(Sc3nnc(-c4ccc(F)cc4)n3CC3CCCO3)C2=O)cc1. The van der Waals surface area contributed by atoms with E-state index in [2.05, 4.69) is 16.3 Å². The van der Waals surface area contributed by atoms with Gasteiger partial charge in [0.25, 0.3) is 0 Å². The van der Waals surface area contributed by atoms with Gasteiger partial charge in [0.1, 0.15) is 5.82 Å². The summed E-state index contributed by atoms with van der Waals surface area (Å²) in [6.07, 6.45) is 2.72. The van der Waals surface area contributed by atoms with E-state index in [1.165, 1.54) is 23.9 Å². The molecule has 2 aliphatic rings. The zero-order valence-electron chi connectivity index (χ0n) is 17.9. The molecule has 3 heterocycles. The van der Waals surface area contributed by atoms with Gasteiger partial charge < -0.3 is 9.64 Å². The van der Waals surface area contributed by atoms with Crippen LogP contribution < -0.4 is 4.90 Å². The van der Waals surface area contributed by atoms with Gasteiger partial charge in [-0.2, -0.15) is 5.26 Å². The van der Waals surface area contributed by atoms with Crippen molar-refractivity contribution in [2.75, 3.05) is 18.1 Å². The van der Waals surface area contributed by atoms with Crippen molar-refractivity contribution in [2.24, 2.45) is 0 Å². The van der Waals surface area contributed by atoms with Crippen molar-refractivity contribution >= 4 is 23.4 Å². The Labute approximate surface area is 195 Å². The Kier molecular flexibility index (Phi) is 6.11. The number of amides is 1. The molecule has 2 aliphatic heterocycles. The highest BCUT2D eigenvalue weighted by Crippen LogP contribution is 2.34. The van der Waals surface area contributed by atoms with E-state index in [-0.39, 0.29) is 23.1 Å². The maximum absolute atomic E-state index is 13.4. The Morgan fingerprint density at radius 2 is 1.91 bits per heavy atom. The lowest BCUT2D eigenvalue weighted by molar-refractivity contribution is -0.116. The van der Waals surface area contributed by atoms with Crippen LogP contribution in [0.4, 0.5) is 10.1 Å². The molecule has 1 amide bonds. The molecule has 3 aromatic rings. The Balaban J connectivity index is 1.38. The molecule has 2 aromatic carbocycles. The highest BCUT2D eigenvalue weighted by Gasteiger charge is 2.35. The van der Waals surface area contributed by atoms with E-state index in [4.69, 9.17) is 10.00 Å². The fraction of sp³-hybridized carbons (Fsp3) is 0.333. The van der Waals surface area contributed by atoms with Crippen LogP contribution >= 0.6 is 11.8 Å². The third-order valence-electron chi connectivity index (χ3n) is 5.94. The number of nitrogens with zero attached hydrogens (tertiary/aromatic N) is 5. The largest absolute Gasteiger partial charge is 0.376 e. The number of thioether (sulfide) groups is 1. The van der Waals surface area contributed by atoms with E-state index >= 15 is 0 Å². The minimum absolute atomic E-state index is 0.0136. The molecule has 2 atom stereocenters. The van der Waals surface area contributed by atoms with Crippen LogP contribution in [0.15, 0.2) is 53.7 Å². The smallest absolute Gasteiger partial charge is 0.240 e. The van der Waals surface area contributed by atoms with Crippen LogP contribution in [0.1, 0.15) is 24.8 Å². The number of aromatic nitrogens is 3. The van der Waals surface area contributed by atoms with Gasteiger partial charge in [-0.1, -0.05) is 11.8 Å². The molecule has 2 saturated heterocycles. The molecule has 1 aromatic heterocycles. The third kappa shape index (κ3) is 4.49. The van der Waals surface area contributed by atoms with Crippen LogP contribution in [-0.4, -0.2) is 45.2 Å².